The van der Waals surface area contributed by atoms with Crippen LogP contribution in [0.25, 0.3) is 11.0 Å². The van der Waals surface area contributed by atoms with Crippen LogP contribution in [0.15, 0.2) is 24.3 Å². The van der Waals surface area contributed by atoms with Crippen molar-refractivity contribution < 1.29 is 4.52 Å². The van der Waals surface area contributed by atoms with Gasteiger partial charge in [0, 0.05) is 16.0 Å². The lowest BCUT2D eigenvalue weighted by molar-refractivity contribution is 0.324. The zero-order valence-corrected chi connectivity index (χ0v) is 10.3. The molecule has 6 heteroatoms. The number of anilines is 1. The summed E-state index contributed by atoms with van der Waals surface area (Å²) in [6, 6.07) is 1.73. The van der Waals surface area contributed by atoms with Crippen molar-refractivity contribution >= 4 is 48.5 Å². The number of aryl methyl sites for hydroxylation is 1. The van der Waals surface area contributed by atoms with Gasteiger partial charge in [0.1, 0.15) is 5.39 Å². The topological polar surface area (TPSA) is 61.2 Å². The molecule has 2 aromatic rings. The van der Waals surface area contributed by atoms with Gasteiger partial charge in [0.25, 0.3) is 5.56 Å². The van der Waals surface area contributed by atoms with Gasteiger partial charge < -0.3 is 10.3 Å². The first-order valence-corrected chi connectivity index (χ1v) is 5.34. The molecule has 1 aromatic heterocycles. The lowest BCUT2D eigenvalue weighted by Crippen LogP contribution is -2.09. The van der Waals surface area contributed by atoms with Gasteiger partial charge in [-0.2, -0.15) is 4.74 Å². The molecule has 0 aliphatic rings. The Labute approximate surface area is 95.9 Å². The third kappa shape index (κ3) is 1.21. The minimum absolute atomic E-state index is 0.203. The summed E-state index contributed by atoms with van der Waals surface area (Å²) in [6.07, 6.45) is 0. The third-order valence-corrected chi connectivity index (χ3v) is 3.23. The number of fused-ring (bicyclic) bond motifs is 1. The van der Waals surface area contributed by atoms with Crippen molar-refractivity contribution in [3.63, 3.8) is 0 Å². The highest BCUT2D eigenvalue weighted by Gasteiger charge is 2.15. The largest absolute Gasteiger partial charge is 0.395 e. The van der Waals surface area contributed by atoms with E-state index in [1.807, 2.05) is 0 Å². The summed E-state index contributed by atoms with van der Waals surface area (Å²) in [7, 11) is 1.54. The predicted molar refractivity (Wildman–Crippen MR) is 61.3 cm³/mol. The summed E-state index contributed by atoms with van der Waals surface area (Å²) in [5, 5.41) is 0.466. The van der Waals surface area contributed by atoms with E-state index in [0.29, 0.717) is 25.6 Å². The molecule has 0 saturated heterocycles. The number of rotatable bonds is 0. The van der Waals surface area contributed by atoms with Gasteiger partial charge >= 0.3 is 0 Å². The molecule has 0 spiro atoms. The molecule has 1 heterocycles. The number of benzene rings is 1. The minimum atomic E-state index is -0.203. The Hall–Kier alpha value is -0.750. The maximum atomic E-state index is 11.6. The Morgan fingerprint density at radius 3 is 2.71 bits per heavy atom. The molecule has 0 unspecified atom stereocenters. The standard InChI is InChI=1S/C8H6Br2N2O2/c1-12-8(13)5-3(9)2-4(10)6(11)7(5)14-12/h2H,11H2,1H3. The van der Waals surface area contributed by atoms with Gasteiger partial charge in [0.15, 0.2) is 5.58 Å². The predicted octanol–water partition coefficient (Wildman–Crippen LogP) is 2.24. The first-order chi connectivity index (χ1) is 6.52. The normalized spacial score (nSPS) is 11.1. The van der Waals surface area contributed by atoms with E-state index < -0.39 is 0 Å². The first kappa shape index (κ1) is 9.79. The Morgan fingerprint density at radius 1 is 1.43 bits per heavy atom. The maximum absolute atomic E-state index is 11.6. The van der Waals surface area contributed by atoms with E-state index in [1.165, 1.54) is 0 Å². The molecule has 0 aliphatic heterocycles. The van der Waals surface area contributed by atoms with E-state index in [2.05, 4.69) is 31.9 Å². The van der Waals surface area contributed by atoms with Crippen LogP contribution in [0.1, 0.15) is 0 Å². The van der Waals surface area contributed by atoms with Crippen LogP contribution in [0.4, 0.5) is 5.69 Å². The zero-order valence-electron chi connectivity index (χ0n) is 7.17. The minimum Gasteiger partial charge on any atom is -0.395 e. The molecule has 4 nitrogen and oxygen atoms in total. The average Bonchev–Trinajstić information content (AvgIpc) is 2.40. The fourth-order valence-corrected chi connectivity index (χ4v) is 2.54. The van der Waals surface area contributed by atoms with Crippen LogP contribution in [-0.2, 0) is 7.05 Å². The summed E-state index contributed by atoms with van der Waals surface area (Å²) >= 11 is 6.56. The van der Waals surface area contributed by atoms with Crippen LogP contribution in [0.5, 0.6) is 0 Å². The first-order valence-electron chi connectivity index (χ1n) is 3.76. The Morgan fingerprint density at radius 2 is 2.07 bits per heavy atom. The van der Waals surface area contributed by atoms with Crippen LogP contribution >= 0.6 is 31.9 Å². The Bertz CT molecular complexity index is 571. The van der Waals surface area contributed by atoms with Crippen LogP contribution in [0.2, 0.25) is 0 Å². The molecule has 0 amide bonds. The van der Waals surface area contributed by atoms with Gasteiger partial charge in [0.05, 0.1) is 5.69 Å². The van der Waals surface area contributed by atoms with Crippen molar-refractivity contribution in [3.8, 4) is 0 Å². The zero-order chi connectivity index (χ0) is 10.5. The highest BCUT2D eigenvalue weighted by molar-refractivity contribution is 9.11. The smallest absolute Gasteiger partial charge is 0.291 e. The van der Waals surface area contributed by atoms with E-state index in [1.54, 1.807) is 13.1 Å². The van der Waals surface area contributed by atoms with Gasteiger partial charge in [-0.15, -0.1) is 0 Å². The van der Waals surface area contributed by atoms with Gasteiger partial charge in [0.2, 0.25) is 0 Å². The van der Waals surface area contributed by atoms with Crippen LogP contribution in [0.3, 0.4) is 0 Å². The van der Waals surface area contributed by atoms with E-state index in [9.17, 15) is 4.79 Å². The highest BCUT2D eigenvalue weighted by Crippen LogP contribution is 2.33. The molecular formula is C8H6Br2N2O2. The molecule has 0 bridgehead atoms. The van der Waals surface area contributed by atoms with Crippen molar-refractivity contribution in [1.29, 1.82) is 0 Å². The summed E-state index contributed by atoms with van der Waals surface area (Å²) in [6.45, 7) is 0. The lowest BCUT2D eigenvalue weighted by Gasteiger charge is -1.98. The lowest BCUT2D eigenvalue weighted by atomic mass is 10.2. The van der Waals surface area contributed by atoms with Gasteiger partial charge in [-0.25, -0.2) is 0 Å². The van der Waals surface area contributed by atoms with Crippen molar-refractivity contribution in [3.05, 3.63) is 25.4 Å². The molecular weight excluding hydrogens is 316 g/mol. The molecule has 0 radical (unpaired) electrons. The number of nitrogens with zero attached hydrogens (tertiary/aromatic N) is 1. The second kappa shape index (κ2) is 3.13. The summed E-state index contributed by atoms with van der Waals surface area (Å²) < 4.78 is 7.73. The van der Waals surface area contributed by atoms with Crippen LogP contribution in [0, 0.1) is 0 Å². The number of halogens is 2. The number of aromatic nitrogens is 1. The van der Waals surface area contributed by atoms with E-state index in [4.69, 9.17) is 10.3 Å². The van der Waals surface area contributed by atoms with E-state index >= 15 is 0 Å². The number of nitrogens with two attached hydrogens (primary N) is 1. The SMILES string of the molecule is Cn1oc2c(N)c(Br)cc(Br)c2c1=O. The molecule has 74 valence electrons. The summed E-state index contributed by atoms with van der Waals surface area (Å²) in [5.41, 5.74) is 6.39. The highest BCUT2D eigenvalue weighted by atomic mass is 79.9. The van der Waals surface area contributed by atoms with Gasteiger partial charge in [-0.3, -0.25) is 4.79 Å². The van der Waals surface area contributed by atoms with Crippen molar-refractivity contribution in [2.45, 2.75) is 0 Å². The van der Waals surface area contributed by atoms with E-state index in [0.717, 1.165) is 4.74 Å². The monoisotopic (exact) mass is 320 g/mol. The van der Waals surface area contributed by atoms with Crippen LogP contribution < -0.4 is 11.3 Å². The number of nitrogen functional groups attached to an aromatic ring is 1. The molecule has 2 N–H and O–H groups in total. The average molecular weight is 322 g/mol. The van der Waals surface area contributed by atoms with Gasteiger partial charge in [-0.1, -0.05) is 0 Å². The van der Waals surface area contributed by atoms with Gasteiger partial charge in [-0.05, 0) is 37.9 Å². The fraction of sp³-hybridized carbons (Fsp3) is 0.125. The van der Waals surface area contributed by atoms with Crippen molar-refractivity contribution in [1.82, 2.24) is 4.74 Å². The molecule has 14 heavy (non-hydrogen) atoms. The molecule has 1 aromatic carbocycles. The summed E-state index contributed by atoms with van der Waals surface area (Å²) in [4.78, 5) is 11.6. The second-order valence-electron chi connectivity index (χ2n) is 2.85. The Kier molecular flexibility index (Phi) is 2.19. The molecule has 0 fully saturated rings. The van der Waals surface area contributed by atoms with Crippen molar-refractivity contribution in [2.24, 2.45) is 7.05 Å². The third-order valence-electron chi connectivity index (χ3n) is 1.95. The number of hydrogen-bond donors (Lipinski definition) is 1. The maximum Gasteiger partial charge on any atom is 0.291 e. The molecule has 0 aliphatic carbocycles. The summed E-state index contributed by atoms with van der Waals surface area (Å²) in [5.74, 6) is 0. The van der Waals surface area contributed by atoms with Crippen LogP contribution in [-0.4, -0.2) is 4.74 Å². The van der Waals surface area contributed by atoms with Crippen molar-refractivity contribution in [2.75, 3.05) is 5.73 Å². The number of hydrogen-bond acceptors (Lipinski definition) is 3. The quantitative estimate of drug-likeness (QED) is 0.757. The van der Waals surface area contributed by atoms with E-state index in [-0.39, 0.29) is 5.56 Å². The molecule has 0 saturated carbocycles. The second-order valence-corrected chi connectivity index (χ2v) is 4.56. The molecule has 2 rings (SSSR count). The molecule has 0 atom stereocenters. The fourth-order valence-electron chi connectivity index (χ4n) is 1.24. The Balaban J connectivity index is 3.10.